The molecule has 0 aliphatic carbocycles. The number of nitrogens with zero attached hydrogens (tertiary/aromatic N) is 1. The molecule has 0 aromatic carbocycles. The van der Waals surface area contributed by atoms with E-state index in [4.69, 9.17) is 5.11 Å². The van der Waals surface area contributed by atoms with Crippen LogP contribution in [0.25, 0.3) is 0 Å². The van der Waals surface area contributed by atoms with Crippen molar-refractivity contribution >= 4 is 23.8 Å². The van der Waals surface area contributed by atoms with Crippen LogP contribution in [0.5, 0.6) is 0 Å². The molecule has 1 fully saturated rings. The average Bonchev–Trinajstić information content (AvgIpc) is 2.38. The minimum Gasteiger partial charge on any atom is -0.481 e. The lowest BCUT2D eigenvalue weighted by Gasteiger charge is -2.34. The Morgan fingerprint density at radius 3 is 2.84 bits per heavy atom. The largest absolute Gasteiger partial charge is 0.481 e. The molecule has 0 aromatic rings. The molecule has 110 valence electrons. The van der Waals surface area contributed by atoms with Gasteiger partial charge in [0, 0.05) is 24.6 Å². The molecule has 0 aromatic heterocycles. The van der Waals surface area contributed by atoms with Gasteiger partial charge in [0.15, 0.2) is 0 Å². The Hall–Kier alpha value is -0.910. The Kier molecular flexibility index (Phi) is 7.70. The first-order valence-corrected chi connectivity index (χ1v) is 8.14. The second-order valence-corrected chi connectivity index (χ2v) is 5.96. The number of carboxylic acid groups (broad SMARTS) is 1. The summed E-state index contributed by atoms with van der Waals surface area (Å²) in [5.41, 5.74) is 0. The molecule has 0 radical (unpaired) electrons. The number of carboxylic acids is 1. The van der Waals surface area contributed by atoms with E-state index in [1.165, 1.54) is 12.8 Å². The van der Waals surface area contributed by atoms with Crippen LogP contribution < -0.4 is 5.32 Å². The molecule has 1 rings (SSSR count). The molecule has 2 amide bonds. The quantitative estimate of drug-likeness (QED) is 0.704. The van der Waals surface area contributed by atoms with Gasteiger partial charge in [0.05, 0.1) is 12.5 Å². The van der Waals surface area contributed by atoms with Crippen molar-refractivity contribution in [3.63, 3.8) is 0 Å². The molecule has 1 aliphatic heterocycles. The number of carbonyl (C=O) groups excluding carboxylic acids is 1. The van der Waals surface area contributed by atoms with Gasteiger partial charge in [-0.15, -0.1) is 0 Å². The minimum atomic E-state index is -0.840. The minimum absolute atomic E-state index is 0.0380. The number of hydrogen-bond acceptors (Lipinski definition) is 3. The van der Waals surface area contributed by atoms with Gasteiger partial charge < -0.3 is 15.3 Å². The van der Waals surface area contributed by atoms with Crippen LogP contribution >= 0.6 is 11.8 Å². The molecule has 2 N–H and O–H groups in total. The van der Waals surface area contributed by atoms with Gasteiger partial charge in [-0.1, -0.05) is 26.2 Å². The van der Waals surface area contributed by atoms with Crippen LogP contribution in [0.3, 0.4) is 0 Å². The van der Waals surface area contributed by atoms with Crippen molar-refractivity contribution in [3.8, 4) is 0 Å². The number of thioether (sulfide) groups is 1. The normalized spacial score (nSPS) is 19.2. The van der Waals surface area contributed by atoms with E-state index in [0.29, 0.717) is 13.1 Å². The highest BCUT2D eigenvalue weighted by Crippen LogP contribution is 2.19. The zero-order valence-corrected chi connectivity index (χ0v) is 12.4. The smallest absolute Gasteiger partial charge is 0.317 e. The fourth-order valence-corrected chi connectivity index (χ4v) is 3.20. The van der Waals surface area contributed by atoms with Crippen molar-refractivity contribution in [1.29, 1.82) is 0 Å². The SMILES string of the molecule is CCCCCCNC(=O)N1CCSCC1CC(=O)O. The van der Waals surface area contributed by atoms with Gasteiger partial charge >= 0.3 is 12.0 Å². The Balaban J connectivity index is 2.32. The zero-order chi connectivity index (χ0) is 14.1. The van der Waals surface area contributed by atoms with Crippen molar-refractivity contribution in [1.82, 2.24) is 10.2 Å². The summed E-state index contributed by atoms with van der Waals surface area (Å²) in [5, 5.41) is 11.8. The van der Waals surface area contributed by atoms with Gasteiger partial charge in [0.25, 0.3) is 0 Å². The van der Waals surface area contributed by atoms with E-state index in [2.05, 4.69) is 12.2 Å². The van der Waals surface area contributed by atoms with Crippen molar-refractivity contribution in [3.05, 3.63) is 0 Å². The average molecular weight is 288 g/mol. The molecule has 0 saturated carbocycles. The molecular weight excluding hydrogens is 264 g/mol. The second-order valence-electron chi connectivity index (χ2n) is 4.81. The first-order valence-electron chi connectivity index (χ1n) is 6.99. The number of urea groups is 1. The summed E-state index contributed by atoms with van der Waals surface area (Å²) >= 11 is 1.72. The Bertz CT molecular complexity index is 300. The molecule has 1 heterocycles. The van der Waals surface area contributed by atoms with Crippen LogP contribution in [-0.4, -0.2) is 52.6 Å². The summed E-state index contributed by atoms with van der Waals surface area (Å²) in [6.45, 7) is 3.48. The van der Waals surface area contributed by atoms with E-state index in [0.717, 1.165) is 24.3 Å². The first-order chi connectivity index (χ1) is 9.15. The summed E-state index contributed by atoms with van der Waals surface area (Å²) in [5.74, 6) is 0.766. The number of amides is 2. The van der Waals surface area contributed by atoms with E-state index in [1.807, 2.05) is 0 Å². The third-order valence-electron chi connectivity index (χ3n) is 3.21. The third kappa shape index (κ3) is 6.18. The molecule has 1 atom stereocenters. The van der Waals surface area contributed by atoms with Gasteiger partial charge in [0.1, 0.15) is 0 Å². The number of hydrogen-bond donors (Lipinski definition) is 2. The summed E-state index contributed by atoms with van der Waals surface area (Å²) in [6, 6.07) is -0.282. The maximum Gasteiger partial charge on any atom is 0.317 e. The summed E-state index contributed by atoms with van der Waals surface area (Å²) < 4.78 is 0. The first kappa shape index (κ1) is 16.1. The molecule has 0 bridgehead atoms. The van der Waals surface area contributed by atoms with E-state index < -0.39 is 5.97 Å². The molecular formula is C13H24N2O3S. The standard InChI is InChI=1S/C13H24N2O3S/c1-2-3-4-5-6-14-13(18)15-7-8-19-10-11(15)9-12(16)17/h11H,2-10H2,1H3,(H,14,18)(H,16,17). The zero-order valence-electron chi connectivity index (χ0n) is 11.6. The predicted molar refractivity (Wildman–Crippen MR) is 77.6 cm³/mol. The van der Waals surface area contributed by atoms with Gasteiger partial charge in [-0.2, -0.15) is 11.8 Å². The van der Waals surface area contributed by atoms with E-state index >= 15 is 0 Å². The molecule has 5 nitrogen and oxygen atoms in total. The number of unbranched alkanes of at least 4 members (excludes halogenated alkanes) is 3. The van der Waals surface area contributed by atoms with Crippen LogP contribution in [0.1, 0.15) is 39.0 Å². The van der Waals surface area contributed by atoms with Crippen molar-refractivity contribution in [2.24, 2.45) is 0 Å². The van der Waals surface area contributed by atoms with E-state index in [1.54, 1.807) is 16.7 Å². The van der Waals surface area contributed by atoms with Crippen LogP contribution in [0.15, 0.2) is 0 Å². The van der Waals surface area contributed by atoms with Crippen LogP contribution in [0, 0.1) is 0 Å². The highest BCUT2D eigenvalue weighted by Gasteiger charge is 2.28. The number of carbonyl (C=O) groups is 2. The van der Waals surface area contributed by atoms with Gasteiger partial charge in [0.2, 0.25) is 0 Å². The molecule has 6 heteroatoms. The lowest BCUT2D eigenvalue weighted by Crippen LogP contribution is -2.51. The lowest BCUT2D eigenvalue weighted by molar-refractivity contribution is -0.137. The monoisotopic (exact) mass is 288 g/mol. The second kappa shape index (κ2) is 9.07. The molecule has 1 unspecified atom stereocenters. The fourth-order valence-electron chi connectivity index (χ4n) is 2.14. The number of nitrogens with one attached hydrogen (secondary N) is 1. The van der Waals surface area contributed by atoms with Crippen molar-refractivity contribution < 1.29 is 14.7 Å². The summed E-state index contributed by atoms with van der Waals surface area (Å²) in [7, 11) is 0. The topological polar surface area (TPSA) is 69.6 Å². The lowest BCUT2D eigenvalue weighted by atomic mass is 10.2. The maximum atomic E-state index is 12.0. The summed E-state index contributed by atoms with van der Waals surface area (Å²) in [4.78, 5) is 24.5. The maximum absolute atomic E-state index is 12.0. The summed E-state index contributed by atoms with van der Waals surface area (Å²) in [6.07, 6.45) is 4.53. The van der Waals surface area contributed by atoms with Gasteiger partial charge in [-0.3, -0.25) is 4.79 Å². The van der Waals surface area contributed by atoms with Gasteiger partial charge in [-0.05, 0) is 6.42 Å². The predicted octanol–water partition coefficient (Wildman–Crippen LogP) is 2.17. The molecule has 0 spiro atoms. The third-order valence-corrected chi connectivity index (χ3v) is 4.30. The van der Waals surface area contributed by atoms with Crippen molar-refractivity contribution in [2.75, 3.05) is 24.6 Å². The number of rotatable bonds is 7. The number of aliphatic carboxylic acids is 1. The Morgan fingerprint density at radius 1 is 1.37 bits per heavy atom. The van der Waals surface area contributed by atoms with Crippen LogP contribution in [-0.2, 0) is 4.79 Å². The highest BCUT2D eigenvalue weighted by atomic mass is 32.2. The molecule has 1 aliphatic rings. The van der Waals surface area contributed by atoms with Crippen molar-refractivity contribution in [2.45, 2.75) is 45.1 Å². The molecule has 1 saturated heterocycles. The van der Waals surface area contributed by atoms with E-state index in [-0.39, 0.29) is 18.5 Å². The Labute approximate surface area is 119 Å². The van der Waals surface area contributed by atoms with Crippen LogP contribution in [0.2, 0.25) is 0 Å². The van der Waals surface area contributed by atoms with Gasteiger partial charge in [-0.25, -0.2) is 4.79 Å². The van der Waals surface area contributed by atoms with Crippen LogP contribution in [0.4, 0.5) is 4.79 Å². The molecule has 19 heavy (non-hydrogen) atoms. The fraction of sp³-hybridized carbons (Fsp3) is 0.846. The highest BCUT2D eigenvalue weighted by molar-refractivity contribution is 7.99. The van der Waals surface area contributed by atoms with E-state index in [9.17, 15) is 9.59 Å². The Morgan fingerprint density at radius 2 is 2.16 bits per heavy atom.